The van der Waals surface area contributed by atoms with Gasteiger partial charge in [0.15, 0.2) is 20.4 Å². The van der Waals surface area contributed by atoms with Crippen LogP contribution in [0.25, 0.3) is 49.7 Å². The molecule has 3 unspecified atom stereocenters. The highest BCUT2D eigenvalue weighted by molar-refractivity contribution is 6.25. The Kier molecular flexibility index (Phi) is 13.0. The second kappa shape index (κ2) is 18.9. The van der Waals surface area contributed by atoms with Gasteiger partial charge in [0.05, 0.1) is 26.4 Å². The monoisotopic (exact) mass is 768 g/mol. The Morgan fingerprint density at radius 3 is 1.68 bits per heavy atom. The predicted molar refractivity (Wildman–Crippen MR) is 210 cm³/mol. The van der Waals surface area contributed by atoms with Crippen molar-refractivity contribution in [2.75, 3.05) is 53.6 Å². The van der Waals surface area contributed by atoms with E-state index in [0.717, 1.165) is 64.7 Å². The Labute approximate surface area is 325 Å². The van der Waals surface area contributed by atoms with Gasteiger partial charge in [-0.1, -0.05) is 42.5 Å². The molecule has 0 radical (unpaired) electrons. The van der Waals surface area contributed by atoms with Gasteiger partial charge < -0.3 is 56.8 Å². The van der Waals surface area contributed by atoms with Crippen molar-refractivity contribution in [3.63, 3.8) is 0 Å². The average Bonchev–Trinajstić information content (AvgIpc) is 3.22. The summed E-state index contributed by atoms with van der Waals surface area (Å²) < 4.78 is 70.2. The lowest BCUT2D eigenvalue weighted by Crippen LogP contribution is -2.39. The number of benzene rings is 4. The molecule has 0 amide bonds. The molecule has 0 heterocycles. The zero-order chi connectivity index (χ0) is 38.7. The van der Waals surface area contributed by atoms with Crippen molar-refractivity contribution in [2.45, 2.75) is 52.4 Å². The van der Waals surface area contributed by atoms with Crippen LogP contribution >= 0.6 is 0 Å². The van der Waals surface area contributed by atoms with Gasteiger partial charge in [-0.2, -0.15) is 0 Å². The van der Waals surface area contributed by atoms with E-state index in [1.165, 1.54) is 50.1 Å². The molecule has 0 saturated heterocycles. The third-order valence-corrected chi connectivity index (χ3v) is 9.69. The molecule has 0 aliphatic heterocycles. The summed E-state index contributed by atoms with van der Waals surface area (Å²) >= 11 is 0. The summed E-state index contributed by atoms with van der Waals surface area (Å²) in [7, 11) is 0. The van der Waals surface area contributed by atoms with Crippen molar-refractivity contribution in [1.29, 1.82) is 0 Å². The van der Waals surface area contributed by atoms with E-state index in [2.05, 4.69) is 42.5 Å². The van der Waals surface area contributed by atoms with Crippen LogP contribution in [-0.2, 0) is 56.8 Å². The van der Waals surface area contributed by atoms with Gasteiger partial charge >= 0.3 is 0 Å². The largest absolute Gasteiger partial charge is 0.498 e. The van der Waals surface area contributed by atoms with Gasteiger partial charge in [-0.25, -0.2) is 0 Å². The maximum Gasteiger partial charge on any atom is 0.229 e. The Bertz CT molecular complexity index is 2290. The average molecular weight is 769 g/mol. The topological polar surface area (TPSA) is 111 Å². The first-order chi connectivity index (χ1) is 27.7. The fourth-order valence-electron chi connectivity index (χ4n) is 7.59. The zero-order valence-electron chi connectivity index (χ0n) is 32.2. The second-order valence-electron chi connectivity index (χ2n) is 12.7. The molecule has 56 heavy (non-hydrogen) atoms. The fourth-order valence-corrected chi connectivity index (χ4v) is 7.59. The lowest BCUT2D eigenvalue weighted by molar-refractivity contribution is -0.133. The first-order valence-corrected chi connectivity index (χ1v) is 18.9. The van der Waals surface area contributed by atoms with E-state index < -0.39 is 18.3 Å². The quantitative estimate of drug-likeness (QED) is 0.0247. The van der Waals surface area contributed by atoms with Gasteiger partial charge in [0.2, 0.25) is 6.79 Å². The predicted octanol–water partition coefficient (Wildman–Crippen LogP) is 6.78. The molecule has 3 aliphatic carbocycles. The van der Waals surface area contributed by atoms with Crippen molar-refractivity contribution >= 4 is 49.7 Å². The van der Waals surface area contributed by atoms with Crippen LogP contribution in [0.1, 0.15) is 57.5 Å². The molecule has 7 rings (SSSR count). The van der Waals surface area contributed by atoms with Crippen LogP contribution in [0, 0.1) is 0 Å². The summed E-state index contributed by atoms with van der Waals surface area (Å²) in [6, 6.07) is 12.8. The van der Waals surface area contributed by atoms with Crippen LogP contribution in [-0.4, -0.2) is 59.7 Å². The van der Waals surface area contributed by atoms with E-state index in [9.17, 15) is 0 Å². The molecular weight excluding hydrogens is 720 g/mol. The molecule has 0 bridgehead atoms. The maximum atomic E-state index is 6.58. The molecule has 0 fully saturated rings. The Balaban J connectivity index is 1.41. The van der Waals surface area contributed by atoms with Gasteiger partial charge in [0.1, 0.15) is 74.2 Å². The van der Waals surface area contributed by atoms with E-state index in [0.29, 0.717) is 38.6 Å². The van der Waals surface area contributed by atoms with E-state index in [1.807, 2.05) is 27.7 Å². The van der Waals surface area contributed by atoms with Crippen LogP contribution in [0.15, 0.2) is 86.5 Å². The normalized spacial score (nSPS) is 18.3. The second-order valence-corrected chi connectivity index (χ2v) is 12.7. The minimum Gasteiger partial charge on any atom is -0.498 e. The van der Waals surface area contributed by atoms with Crippen molar-refractivity contribution in [1.82, 2.24) is 0 Å². The first kappa shape index (κ1) is 38.7. The number of rotatable bonds is 24. The van der Waals surface area contributed by atoms with Crippen molar-refractivity contribution in [3.8, 4) is 0 Å². The number of ether oxygens (including phenoxy) is 12. The van der Waals surface area contributed by atoms with Crippen LogP contribution in [0.5, 0.6) is 0 Å². The summed E-state index contributed by atoms with van der Waals surface area (Å²) in [4.78, 5) is 0. The molecule has 12 nitrogen and oxygen atoms in total. The third kappa shape index (κ3) is 7.77. The van der Waals surface area contributed by atoms with Crippen LogP contribution in [0.2, 0.25) is 0 Å². The molecule has 0 aromatic heterocycles. The number of hydrogen-bond acceptors (Lipinski definition) is 12. The van der Waals surface area contributed by atoms with Crippen LogP contribution < -0.4 is 15.7 Å². The standard InChI is InChI=1S/C44H48O12/c1-5-45-17-21-49-25-53-41-31-13-9-29-11-15-33-39-35(29)37(31)38-32(42(41)54-26-50-22-18-46-6-2)14-10-30-12-16-34(40(39)36(30)38)44(56-28-52-24-20-48-8-4)43(33)55-27-51-23-19-47-7-3/h9-15,17-24,41,43-44H,5-8,16,25-28H2,1-4H3/b21-17+,22-18+,23-19+,24-20+. The minimum absolute atomic E-state index is 0.0155. The maximum absolute atomic E-state index is 6.58. The summed E-state index contributed by atoms with van der Waals surface area (Å²) in [5.74, 6) is 0.612. The van der Waals surface area contributed by atoms with Gasteiger partial charge in [0, 0.05) is 10.6 Å². The molecular formula is C44H48O12. The van der Waals surface area contributed by atoms with E-state index in [4.69, 9.17) is 56.8 Å². The highest BCUT2D eigenvalue weighted by Gasteiger charge is 2.39. The molecule has 0 spiro atoms. The molecule has 3 atom stereocenters. The molecule has 12 heteroatoms. The highest BCUT2D eigenvalue weighted by Crippen LogP contribution is 2.46. The van der Waals surface area contributed by atoms with Gasteiger partial charge in [0.25, 0.3) is 0 Å². The molecule has 0 N–H and O–H groups in total. The van der Waals surface area contributed by atoms with E-state index >= 15 is 0 Å². The Morgan fingerprint density at radius 1 is 0.500 bits per heavy atom. The smallest absolute Gasteiger partial charge is 0.229 e. The van der Waals surface area contributed by atoms with Crippen LogP contribution in [0.4, 0.5) is 0 Å². The lowest BCUT2D eigenvalue weighted by atomic mass is 9.75. The fraction of sp³-hybridized carbons (Fsp3) is 0.364. The minimum atomic E-state index is -0.618. The van der Waals surface area contributed by atoms with Gasteiger partial charge in [-0.05, 0) is 88.2 Å². The summed E-state index contributed by atoms with van der Waals surface area (Å²) in [6.07, 6.45) is 13.2. The molecule has 3 aliphatic rings. The summed E-state index contributed by atoms with van der Waals surface area (Å²) in [5, 5.41) is 9.76. The van der Waals surface area contributed by atoms with E-state index in [-0.39, 0.29) is 27.2 Å². The molecule has 4 aromatic rings. The Morgan fingerprint density at radius 2 is 1.05 bits per heavy atom. The molecule has 4 aromatic carbocycles. The molecule has 0 saturated carbocycles. The van der Waals surface area contributed by atoms with Crippen molar-refractivity contribution < 1.29 is 56.8 Å². The van der Waals surface area contributed by atoms with Gasteiger partial charge in [-0.3, -0.25) is 0 Å². The first-order valence-electron chi connectivity index (χ1n) is 18.9. The zero-order valence-corrected chi connectivity index (χ0v) is 32.2. The SMILES string of the molecule is CCO/C=C/OCOC1=c2ccc3c4c5c6c(ccc7ccc(c(c24)c76)C1OCO/C=C/OCC)C(OCO/C=C/OCC)C(OCO/C=C/OCC)C=5CC=3. The highest BCUT2D eigenvalue weighted by atomic mass is 16.7. The van der Waals surface area contributed by atoms with Crippen molar-refractivity contribution in [3.05, 3.63) is 113 Å². The lowest BCUT2D eigenvalue weighted by Gasteiger charge is -2.36. The van der Waals surface area contributed by atoms with E-state index in [1.54, 1.807) is 0 Å². The van der Waals surface area contributed by atoms with Gasteiger partial charge in [-0.15, -0.1) is 0 Å². The third-order valence-electron chi connectivity index (χ3n) is 9.69. The summed E-state index contributed by atoms with van der Waals surface area (Å²) in [6.45, 7) is 9.62. The van der Waals surface area contributed by atoms with Crippen LogP contribution in [0.3, 0.4) is 0 Å². The molecule has 296 valence electrons. The number of hydrogen-bond donors (Lipinski definition) is 0. The van der Waals surface area contributed by atoms with Crippen molar-refractivity contribution in [2.24, 2.45) is 0 Å². The Hall–Kier alpha value is -5.56. The summed E-state index contributed by atoms with van der Waals surface area (Å²) in [5.41, 5.74) is 3.03.